The van der Waals surface area contributed by atoms with Gasteiger partial charge in [-0.05, 0) is 13.0 Å². The fourth-order valence-corrected chi connectivity index (χ4v) is 1.40. The number of carbonyl (C=O) groups excluding carboxylic acids is 1. The summed E-state index contributed by atoms with van der Waals surface area (Å²) in [7, 11) is 0. The topological polar surface area (TPSA) is 75.3 Å². The van der Waals surface area contributed by atoms with Gasteiger partial charge in [0.25, 0.3) is 0 Å². The fourth-order valence-electron chi connectivity index (χ4n) is 1.20. The highest BCUT2D eigenvalue weighted by atomic mass is 35.5. The Morgan fingerprint density at radius 1 is 1.65 bits per heavy atom. The molecule has 1 amide bonds. The molecular weight excluding hydrogens is 247 g/mol. The van der Waals surface area contributed by atoms with E-state index in [2.05, 4.69) is 5.32 Å². The van der Waals surface area contributed by atoms with Gasteiger partial charge in [0.15, 0.2) is 0 Å². The normalized spacial score (nSPS) is 14.2. The van der Waals surface area contributed by atoms with Crippen molar-refractivity contribution in [1.29, 1.82) is 0 Å². The van der Waals surface area contributed by atoms with Gasteiger partial charge >= 0.3 is 0 Å². The van der Waals surface area contributed by atoms with Crippen molar-refractivity contribution in [2.45, 2.75) is 25.6 Å². The van der Waals surface area contributed by atoms with E-state index in [9.17, 15) is 9.18 Å². The number of rotatable bonds is 4. The minimum Gasteiger partial charge on any atom is -0.391 e. The average Bonchev–Trinajstić information content (AvgIpc) is 2.29. The van der Waals surface area contributed by atoms with Crippen LogP contribution in [0.15, 0.2) is 18.2 Å². The molecule has 4 N–H and O–H groups in total. The molecule has 0 aliphatic carbocycles. The molecule has 1 aromatic carbocycles. The fraction of sp³-hybridized carbons (Fsp3) is 0.364. The first-order chi connectivity index (χ1) is 7.93. The van der Waals surface area contributed by atoms with Crippen molar-refractivity contribution < 1.29 is 14.3 Å². The molecule has 4 nitrogen and oxygen atoms in total. The molecule has 2 atom stereocenters. The largest absolute Gasteiger partial charge is 0.391 e. The van der Waals surface area contributed by atoms with Gasteiger partial charge in [0.05, 0.1) is 11.1 Å². The molecule has 94 valence electrons. The quantitative estimate of drug-likeness (QED) is 0.750. The molecule has 6 heteroatoms. The summed E-state index contributed by atoms with van der Waals surface area (Å²) in [6, 6.07) is 3.48. The molecule has 0 radical (unpaired) electrons. The Morgan fingerprint density at radius 2 is 2.29 bits per heavy atom. The molecule has 0 fully saturated rings. The highest BCUT2D eigenvalue weighted by Crippen LogP contribution is 2.17. The first-order valence-electron chi connectivity index (χ1n) is 5.07. The second-order valence-corrected chi connectivity index (χ2v) is 4.10. The van der Waals surface area contributed by atoms with Crippen LogP contribution in [0.4, 0.5) is 4.39 Å². The molecule has 0 aromatic heterocycles. The summed E-state index contributed by atoms with van der Waals surface area (Å²) in [5.74, 6) is -1.11. The number of hydrogen-bond acceptors (Lipinski definition) is 3. The third-order valence-corrected chi connectivity index (χ3v) is 2.60. The molecule has 0 saturated carbocycles. The Labute approximate surface area is 104 Å². The smallest absolute Gasteiger partial charge is 0.239 e. The molecule has 0 saturated heterocycles. The van der Waals surface area contributed by atoms with Gasteiger partial charge in [-0.2, -0.15) is 0 Å². The van der Waals surface area contributed by atoms with E-state index in [1.165, 1.54) is 19.1 Å². The molecule has 0 aliphatic heterocycles. The van der Waals surface area contributed by atoms with E-state index in [1.807, 2.05) is 0 Å². The Hall–Kier alpha value is -1.17. The monoisotopic (exact) mass is 260 g/mol. The number of nitrogens with two attached hydrogens (primary N) is 1. The van der Waals surface area contributed by atoms with Gasteiger partial charge in [-0.1, -0.05) is 23.7 Å². The summed E-state index contributed by atoms with van der Waals surface area (Å²) in [5, 5.41) is 11.5. The first kappa shape index (κ1) is 13.9. The highest BCUT2D eigenvalue weighted by Gasteiger charge is 2.18. The van der Waals surface area contributed by atoms with Crippen LogP contribution in [0.5, 0.6) is 0 Å². The van der Waals surface area contributed by atoms with Crippen LogP contribution < -0.4 is 11.1 Å². The maximum absolute atomic E-state index is 13.4. The Morgan fingerprint density at radius 3 is 2.88 bits per heavy atom. The Bertz CT molecular complexity index is 412. The molecule has 2 unspecified atom stereocenters. The molecule has 1 rings (SSSR count). The van der Waals surface area contributed by atoms with Crippen molar-refractivity contribution in [2.75, 3.05) is 0 Å². The lowest BCUT2D eigenvalue weighted by Crippen LogP contribution is -2.46. The lowest BCUT2D eigenvalue weighted by Gasteiger charge is -2.14. The van der Waals surface area contributed by atoms with Crippen LogP contribution in [-0.2, 0) is 11.3 Å². The van der Waals surface area contributed by atoms with E-state index < -0.39 is 23.9 Å². The van der Waals surface area contributed by atoms with E-state index in [0.29, 0.717) is 0 Å². The zero-order chi connectivity index (χ0) is 13.0. The second-order valence-electron chi connectivity index (χ2n) is 3.70. The van der Waals surface area contributed by atoms with Gasteiger partial charge in [-0.3, -0.25) is 4.79 Å². The van der Waals surface area contributed by atoms with Gasteiger partial charge in [-0.25, -0.2) is 4.39 Å². The number of benzene rings is 1. The van der Waals surface area contributed by atoms with E-state index >= 15 is 0 Å². The Kier molecular flexibility index (Phi) is 4.86. The summed E-state index contributed by atoms with van der Waals surface area (Å²) >= 11 is 5.59. The predicted molar refractivity (Wildman–Crippen MR) is 62.9 cm³/mol. The minimum absolute atomic E-state index is 0.00317. The van der Waals surface area contributed by atoms with Crippen molar-refractivity contribution in [2.24, 2.45) is 5.73 Å². The van der Waals surface area contributed by atoms with Gasteiger partial charge in [0.2, 0.25) is 5.91 Å². The van der Waals surface area contributed by atoms with Crippen molar-refractivity contribution >= 4 is 17.5 Å². The molecule has 0 spiro atoms. The predicted octanol–water partition coefficient (Wildman–Crippen LogP) is 0.803. The zero-order valence-corrected chi connectivity index (χ0v) is 10.0. The number of halogens is 2. The summed E-state index contributed by atoms with van der Waals surface area (Å²) < 4.78 is 13.4. The number of aliphatic hydroxyl groups excluding tert-OH is 1. The van der Waals surface area contributed by atoms with Crippen LogP contribution in [-0.4, -0.2) is 23.2 Å². The number of amides is 1. The summed E-state index contributed by atoms with van der Waals surface area (Å²) in [4.78, 5) is 11.4. The first-order valence-corrected chi connectivity index (χ1v) is 5.45. The minimum atomic E-state index is -1.03. The van der Waals surface area contributed by atoms with E-state index in [0.717, 1.165) is 0 Å². The zero-order valence-electron chi connectivity index (χ0n) is 9.28. The van der Waals surface area contributed by atoms with Crippen molar-refractivity contribution in [3.05, 3.63) is 34.6 Å². The molecule has 0 bridgehead atoms. The van der Waals surface area contributed by atoms with Crippen LogP contribution in [0.2, 0.25) is 5.02 Å². The Balaban J connectivity index is 2.62. The molecule has 0 heterocycles. The van der Waals surface area contributed by atoms with E-state index in [4.69, 9.17) is 22.4 Å². The maximum atomic E-state index is 13.4. The van der Waals surface area contributed by atoms with Gasteiger partial charge in [0, 0.05) is 12.1 Å². The SMILES string of the molecule is CC(O)C(N)C(=O)NCc1cccc(Cl)c1F. The lowest BCUT2D eigenvalue weighted by atomic mass is 10.1. The lowest BCUT2D eigenvalue weighted by molar-refractivity contribution is -0.124. The number of carbonyl (C=O) groups is 1. The van der Waals surface area contributed by atoms with Crippen LogP contribution in [0.25, 0.3) is 0 Å². The summed E-state index contributed by atoms with van der Waals surface area (Å²) in [6.45, 7) is 1.38. The number of aliphatic hydroxyl groups is 1. The number of hydrogen-bond donors (Lipinski definition) is 3. The van der Waals surface area contributed by atoms with Crippen LogP contribution in [0.1, 0.15) is 12.5 Å². The second kappa shape index (κ2) is 5.95. The van der Waals surface area contributed by atoms with E-state index in [1.54, 1.807) is 6.07 Å². The van der Waals surface area contributed by atoms with Crippen molar-refractivity contribution in [1.82, 2.24) is 5.32 Å². The molecule has 1 aromatic rings. The maximum Gasteiger partial charge on any atom is 0.239 e. The van der Waals surface area contributed by atoms with Crippen molar-refractivity contribution in [3.8, 4) is 0 Å². The summed E-state index contributed by atoms with van der Waals surface area (Å²) in [6.07, 6.45) is -0.959. The van der Waals surface area contributed by atoms with Crippen LogP contribution in [0.3, 0.4) is 0 Å². The summed E-state index contributed by atoms with van der Waals surface area (Å²) in [5.41, 5.74) is 5.68. The third kappa shape index (κ3) is 3.66. The van der Waals surface area contributed by atoms with Gasteiger partial charge in [0.1, 0.15) is 11.9 Å². The molecular formula is C11H14ClFN2O2. The highest BCUT2D eigenvalue weighted by molar-refractivity contribution is 6.30. The number of nitrogens with one attached hydrogen (secondary N) is 1. The third-order valence-electron chi connectivity index (χ3n) is 2.31. The van der Waals surface area contributed by atoms with E-state index in [-0.39, 0.29) is 17.1 Å². The van der Waals surface area contributed by atoms with Crippen LogP contribution in [0, 0.1) is 5.82 Å². The van der Waals surface area contributed by atoms with Gasteiger partial charge in [-0.15, -0.1) is 0 Å². The molecule has 17 heavy (non-hydrogen) atoms. The standard InChI is InChI=1S/C11H14ClFN2O2/c1-6(16)10(14)11(17)15-5-7-3-2-4-8(12)9(7)13/h2-4,6,10,16H,5,14H2,1H3,(H,15,17). The van der Waals surface area contributed by atoms with Crippen molar-refractivity contribution in [3.63, 3.8) is 0 Å². The van der Waals surface area contributed by atoms with Crippen LogP contribution >= 0.6 is 11.6 Å². The average molecular weight is 261 g/mol. The van der Waals surface area contributed by atoms with Gasteiger partial charge < -0.3 is 16.2 Å². The molecule has 0 aliphatic rings.